The summed E-state index contributed by atoms with van der Waals surface area (Å²) in [6.45, 7) is 3.72. The summed E-state index contributed by atoms with van der Waals surface area (Å²) in [4.78, 5) is 25.9. The van der Waals surface area contributed by atoms with Gasteiger partial charge >= 0.3 is 6.18 Å². The second-order valence-electron chi connectivity index (χ2n) is 5.41. The highest BCUT2D eigenvalue weighted by molar-refractivity contribution is 7.12. The summed E-state index contributed by atoms with van der Waals surface area (Å²) in [6.07, 6.45) is -4.85. The van der Waals surface area contributed by atoms with E-state index in [1.54, 1.807) is 6.92 Å². The van der Waals surface area contributed by atoms with Gasteiger partial charge in [0.05, 0.1) is 6.04 Å². The van der Waals surface area contributed by atoms with Crippen molar-refractivity contribution < 1.29 is 22.8 Å². The van der Waals surface area contributed by atoms with Crippen LogP contribution in [-0.4, -0.2) is 24.0 Å². The van der Waals surface area contributed by atoms with Crippen LogP contribution in [0.4, 0.5) is 13.2 Å². The molecule has 0 saturated carbocycles. The zero-order valence-corrected chi connectivity index (χ0v) is 13.0. The van der Waals surface area contributed by atoms with Crippen LogP contribution in [0.1, 0.15) is 35.6 Å². The maximum atomic E-state index is 12.6. The number of halogens is 3. The molecule has 0 aromatic carbocycles. The van der Waals surface area contributed by atoms with E-state index in [4.69, 9.17) is 0 Å². The highest BCUT2D eigenvalue weighted by Crippen LogP contribution is 2.29. The molecule has 1 saturated heterocycles. The molecular formula is C14H17F3N2O2S. The minimum Gasteiger partial charge on any atom is -0.348 e. The van der Waals surface area contributed by atoms with Crippen molar-refractivity contribution in [1.29, 1.82) is 0 Å². The number of nitrogens with one attached hydrogen (secondary N) is 2. The Morgan fingerprint density at radius 3 is 2.59 bits per heavy atom. The van der Waals surface area contributed by atoms with E-state index in [2.05, 4.69) is 5.32 Å². The molecule has 0 unspecified atom stereocenters. The number of thiophene rings is 1. The molecular weight excluding hydrogens is 317 g/mol. The Morgan fingerprint density at radius 2 is 2.09 bits per heavy atom. The smallest absolute Gasteiger partial charge is 0.348 e. The molecule has 1 aromatic rings. The molecule has 2 amide bonds. The van der Waals surface area contributed by atoms with Crippen molar-refractivity contribution in [2.75, 3.05) is 0 Å². The Morgan fingerprint density at radius 1 is 1.41 bits per heavy atom. The van der Waals surface area contributed by atoms with Crippen molar-refractivity contribution in [3.8, 4) is 0 Å². The fourth-order valence-corrected chi connectivity index (χ4v) is 3.26. The predicted octanol–water partition coefficient (Wildman–Crippen LogP) is 2.69. The van der Waals surface area contributed by atoms with Gasteiger partial charge in [0.1, 0.15) is 12.0 Å². The van der Waals surface area contributed by atoms with Gasteiger partial charge in [-0.05, 0) is 38.8 Å². The van der Waals surface area contributed by atoms with Gasteiger partial charge in [-0.15, -0.1) is 11.3 Å². The number of hydrogen-bond donors (Lipinski definition) is 2. The molecule has 1 aliphatic rings. The summed E-state index contributed by atoms with van der Waals surface area (Å²) in [5.41, 5.74) is 0. The molecule has 2 N–H and O–H groups in total. The van der Waals surface area contributed by atoms with E-state index in [-0.39, 0.29) is 18.9 Å². The minimum atomic E-state index is -4.47. The second-order valence-corrected chi connectivity index (χ2v) is 6.73. The first-order valence-corrected chi connectivity index (χ1v) is 7.74. The summed E-state index contributed by atoms with van der Waals surface area (Å²) < 4.78 is 37.7. The summed E-state index contributed by atoms with van der Waals surface area (Å²) >= 11 is 1.53. The average molecular weight is 334 g/mol. The Kier molecular flexibility index (Phi) is 4.79. The Balaban J connectivity index is 1.95. The zero-order chi connectivity index (χ0) is 16.5. The standard InChI is InChI=1S/C14H17F3N2O2S/c1-7-3-5-10(22-7)8(2)18-12(20)9-4-6-11(14(15,16)17)19-13(9)21/h3,5,8-9,11H,4,6H2,1-2H3,(H,18,20)(H,19,21)/t8-,9+,11-/m0/s1. The van der Waals surface area contributed by atoms with Crippen molar-refractivity contribution in [2.45, 2.75) is 44.9 Å². The summed E-state index contributed by atoms with van der Waals surface area (Å²) in [6, 6.07) is 1.66. The van der Waals surface area contributed by atoms with Crippen molar-refractivity contribution in [2.24, 2.45) is 5.92 Å². The SMILES string of the molecule is Cc1ccc([C@H](C)NC(=O)[C@H]2CC[C@@H](C(F)(F)F)NC2=O)s1. The minimum absolute atomic E-state index is 0.0992. The van der Waals surface area contributed by atoms with E-state index in [9.17, 15) is 22.8 Å². The van der Waals surface area contributed by atoms with Gasteiger partial charge in [0.25, 0.3) is 0 Å². The lowest BCUT2D eigenvalue weighted by Crippen LogP contribution is -2.54. The number of hydrogen-bond acceptors (Lipinski definition) is 3. The van der Waals surface area contributed by atoms with E-state index >= 15 is 0 Å². The van der Waals surface area contributed by atoms with Crippen LogP contribution in [0.15, 0.2) is 12.1 Å². The van der Waals surface area contributed by atoms with Crippen LogP contribution in [-0.2, 0) is 9.59 Å². The number of piperidine rings is 1. The number of carbonyl (C=O) groups is 2. The lowest BCUT2D eigenvalue weighted by Gasteiger charge is -2.30. The van der Waals surface area contributed by atoms with Gasteiger partial charge in [-0.3, -0.25) is 9.59 Å². The fourth-order valence-electron chi connectivity index (χ4n) is 2.38. The van der Waals surface area contributed by atoms with Gasteiger partial charge < -0.3 is 10.6 Å². The van der Waals surface area contributed by atoms with Gasteiger partial charge in [-0.1, -0.05) is 0 Å². The van der Waals surface area contributed by atoms with Crippen LogP contribution in [0, 0.1) is 12.8 Å². The first kappa shape index (κ1) is 16.8. The molecule has 2 heterocycles. The quantitative estimate of drug-likeness (QED) is 0.835. The first-order chi connectivity index (χ1) is 10.2. The van der Waals surface area contributed by atoms with E-state index in [0.717, 1.165) is 9.75 Å². The normalized spacial score (nSPS) is 23.8. The van der Waals surface area contributed by atoms with E-state index in [0.29, 0.717) is 0 Å². The molecule has 8 heteroatoms. The van der Waals surface area contributed by atoms with E-state index in [1.807, 2.05) is 24.4 Å². The summed E-state index contributed by atoms with van der Waals surface area (Å²) in [5.74, 6) is -2.46. The summed E-state index contributed by atoms with van der Waals surface area (Å²) in [5, 5.41) is 4.57. The number of carbonyl (C=O) groups excluding carboxylic acids is 2. The average Bonchev–Trinajstić information content (AvgIpc) is 2.84. The number of rotatable bonds is 3. The molecule has 122 valence electrons. The Labute approximate surface area is 130 Å². The van der Waals surface area contributed by atoms with E-state index in [1.165, 1.54) is 11.3 Å². The lowest BCUT2D eigenvalue weighted by atomic mass is 9.92. The van der Waals surface area contributed by atoms with Gasteiger partial charge in [0.2, 0.25) is 11.8 Å². The molecule has 0 bridgehead atoms. The second kappa shape index (κ2) is 6.28. The number of amides is 2. The molecule has 1 aliphatic heterocycles. The Bertz CT molecular complexity index is 571. The first-order valence-electron chi connectivity index (χ1n) is 6.92. The molecule has 0 spiro atoms. The monoisotopic (exact) mass is 334 g/mol. The van der Waals surface area contributed by atoms with Gasteiger partial charge in [-0.2, -0.15) is 13.2 Å². The van der Waals surface area contributed by atoms with Gasteiger partial charge in [0.15, 0.2) is 0 Å². The number of aryl methyl sites for hydroxylation is 1. The van der Waals surface area contributed by atoms with Crippen LogP contribution in [0.5, 0.6) is 0 Å². The largest absolute Gasteiger partial charge is 0.408 e. The summed E-state index contributed by atoms with van der Waals surface area (Å²) in [7, 11) is 0. The van der Waals surface area contributed by atoms with Crippen molar-refractivity contribution in [3.05, 3.63) is 21.9 Å². The maximum Gasteiger partial charge on any atom is 0.408 e. The van der Waals surface area contributed by atoms with Crippen LogP contribution in [0.3, 0.4) is 0 Å². The number of alkyl halides is 3. The third-order valence-corrected chi connectivity index (χ3v) is 4.82. The van der Waals surface area contributed by atoms with Crippen molar-refractivity contribution in [3.63, 3.8) is 0 Å². The molecule has 2 rings (SSSR count). The molecule has 4 nitrogen and oxygen atoms in total. The van der Waals surface area contributed by atoms with E-state index < -0.39 is 30.0 Å². The van der Waals surface area contributed by atoms with Gasteiger partial charge in [-0.25, -0.2) is 0 Å². The predicted molar refractivity (Wildman–Crippen MR) is 76.3 cm³/mol. The van der Waals surface area contributed by atoms with Gasteiger partial charge in [0, 0.05) is 9.75 Å². The molecule has 1 fully saturated rings. The molecule has 3 atom stereocenters. The highest BCUT2D eigenvalue weighted by Gasteiger charge is 2.45. The molecule has 0 aliphatic carbocycles. The molecule has 0 radical (unpaired) electrons. The lowest BCUT2D eigenvalue weighted by molar-refractivity contribution is -0.171. The van der Waals surface area contributed by atoms with Crippen LogP contribution < -0.4 is 10.6 Å². The third kappa shape index (κ3) is 3.79. The zero-order valence-electron chi connectivity index (χ0n) is 12.2. The van der Waals surface area contributed by atoms with Crippen LogP contribution >= 0.6 is 11.3 Å². The highest BCUT2D eigenvalue weighted by atomic mass is 32.1. The Hall–Kier alpha value is -1.57. The topological polar surface area (TPSA) is 58.2 Å². The third-order valence-electron chi connectivity index (χ3n) is 3.64. The van der Waals surface area contributed by atoms with Crippen molar-refractivity contribution >= 4 is 23.2 Å². The maximum absolute atomic E-state index is 12.6. The molecule has 22 heavy (non-hydrogen) atoms. The fraction of sp³-hybridized carbons (Fsp3) is 0.571. The molecule has 1 aromatic heterocycles. The van der Waals surface area contributed by atoms with Crippen molar-refractivity contribution in [1.82, 2.24) is 10.6 Å². The van der Waals surface area contributed by atoms with Crippen LogP contribution in [0.25, 0.3) is 0 Å². The van der Waals surface area contributed by atoms with Crippen LogP contribution in [0.2, 0.25) is 0 Å².